The van der Waals surface area contributed by atoms with E-state index in [1.54, 1.807) is 0 Å². The van der Waals surface area contributed by atoms with Gasteiger partial charge in [0.2, 0.25) is 0 Å². The van der Waals surface area contributed by atoms with Gasteiger partial charge in [-0.1, -0.05) is 42.5 Å². The average molecular weight is 323 g/mol. The third kappa shape index (κ3) is 3.51. The lowest BCUT2D eigenvalue weighted by Crippen LogP contribution is -3.10. The van der Waals surface area contributed by atoms with Gasteiger partial charge in [0.1, 0.15) is 6.04 Å². The van der Waals surface area contributed by atoms with Gasteiger partial charge in [-0.15, -0.1) is 0 Å². The summed E-state index contributed by atoms with van der Waals surface area (Å²) in [5.41, 5.74) is 6.05. The minimum atomic E-state index is 0.0907. The number of fused-ring (bicyclic) bond motifs is 1. The van der Waals surface area contributed by atoms with Gasteiger partial charge in [-0.3, -0.25) is 4.79 Å². The van der Waals surface area contributed by atoms with E-state index in [1.807, 2.05) is 32.0 Å². The molecule has 2 aromatic rings. The van der Waals surface area contributed by atoms with Crippen molar-refractivity contribution < 1.29 is 9.69 Å². The number of amides is 1. The topological polar surface area (TPSA) is 33.5 Å². The van der Waals surface area contributed by atoms with Crippen molar-refractivity contribution >= 4 is 11.6 Å². The zero-order valence-electron chi connectivity index (χ0n) is 14.9. The van der Waals surface area contributed by atoms with E-state index in [1.165, 1.54) is 22.4 Å². The Morgan fingerprint density at radius 2 is 1.83 bits per heavy atom. The van der Waals surface area contributed by atoms with E-state index in [-0.39, 0.29) is 5.91 Å². The second kappa shape index (κ2) is 7.18. The van der Waals surface area contributed by atoms with Crippen LogP contribution in [-0.4, -0.2) is 19.5 Å². The summed E-state index contributed by atoms with van der Waals surface area (Å²) in [4.78, 5) is 13.8. The van der Waals surface area contributed by atoms with Crippen LogP contribution in [0.15, 0.2) is 42.5 Å². The molecule has 3 rings (SSSR count). The van der Waals surface area contributed by atoms with Crippen molar-refractivity contribution in [2.75, 3.05) is 18.9 Å². The molecule has 3 heteroatoms. The van der Waals surface area contributed by atoms with E-state index in [0.29, 0.717) is 12.6 Å². The summed E-state index contributed by atoms with van der Waals surface area (Å²) < 4.78 is 0. The highest BCUT2D eigenvalue weighted by molar-refractivity contribution is 5.93. The molecule has 0 spiro atoms. The lowest BCUT2D eigenvalue weighted by molar-refractivity contribution is -0.905. The predicted octanol–water partition coefficient (Wildman–Crippen LogP) is 2.83. The standard InChI is InChI=1S/C21H26N2O/c1-15-8-6-9-16(2)21(15)22-20(24)14-23(3)19-13-7-11-17-10-4-5-12-18(17)19/h4-6,8-10,12,19H,7,11,13-14H2,1-3H3,(H,22,24)/p+1/t19-/m0/s1. The molecule has 0 aliphatic heterocycles. The SMILES string of the molecule is Cc1cccc(C)c1NC(=O)C[NH+](C)[C@H]1CCCc2ccccc21. The number of carbonyl (C=O) groups is 1. The minimum Gasteiger partial charge on any atom is -0.323 e. The van der Waals surface area contributed by atoms with Gasteiger partial charge in [0.15, 0.2) is 6.54 Å². The minimum absolute atomic E-state index is 0.0907. The first-order valence-electron chi connectivity index (χ1n) is 8.82. The number of anilines is 1. The Kier molecular flexibility index (Phi) is 5.00. The van der Waals surface area contributed by atoms with Crippen LogP contribution in [0.5, 0.6) is 0 Å². The number of benzene rings is 2. The molecule has 0 radical (unpaired) electrons. The summed E-state index contributed by atoms with van der Waals surface area (Å²) in [5, 5.41) is 3.11. The van der Waals surface area contributed by atoms with Crippen LogP contribution in [0.1, 0.15) is 41.1 Å². The van der Waals surface area contributed by atoms with E-state index in [9.17, 15) is 4.79 Å². The molecule has 0 fully saturated rings. The first kappa shape index (κ1) is 16.7. The molecule has 1 unspecified atom stereocenters. The molecule has 0 saturated heterocycles. The van der Waals surface area contributed by atoms with Crippen molar-refractivity contribution in [3.63, 3.8) is 0 Å². The lowest BCUT2D eigenvalue weighted by Gasteiger charge is -2.30. The molecule has 1 aliphatic carbocycles. The first-order chi connectivity index (χ1) is 11.6. The number of hydrogen-bond donors (Lipinski definition) is 2. The normalized spacial score (nSPS) is 17.9. The average Bonchev–Trinajstić information content (AvgIpc) is 2.57. The van der Waals surface area contributed by atoms with E-state index in [2.05, 4.69) is 36.6 Å². The molecule has 1 amide bonds. The van der Waals surface area contributed by atoms with Gasteiger partial charge in [-0.25, -0.2) is 0 Å². The maximum atomic E-state index is 12.6. The smallest absolute Gasteiger partial charge is 0.279 e. The van der Waals surface area contributed by atoms with Crippen LogP contribution >= 0.6 is 0 Å². The Balaban J connectivity index is 1.69. The Labute approximate surface area is 144 Å². The van der Waals surface area contributed by atoms with Crippen molar-refractivity contribution in [3.05, 3.63) is 64.7 Å². The zero-order valence-corrected chi connectivity index (χ0v) is 14.9. The van der Waals surface area contributed by atoms with Gasteiger partial charge in [0.25, 0.3) is 5.91 Å². The predicted molar refractivity (Wildman–Crippen MR) is 98.4 cm³/mol. The van der Waals surface area contributed by atoms with E-state index >= 15 is 0 Å². The monoisotopic (exact) mass is 323 g/mol. The number of likely N-dealkylation sites (N-methyl/N-ethyl adjacent to an activating group) is 1. The number of nitrogens with one attached hydrogen (secondary N) is 2. The highest BCUT2D eigenvalue weighted by atomic mass is 16.2. The van der Waals surface area contributed by atoms with Gasteiger partial charge in [-0.2, -0.15) is 0 Å². The van der Waals surface area contributed by atoms with E-state index in [4.69, 9.17) is 0 Å². The summed E-state index contributed by atoms with van der Waals surface area (Å²) in [7, 11) is 2.14. The summed E-state index contributed by atoms with van der Waals surface area (Å²) >= 11 is 0. The number of aryl methyl sites for hydroxylation is 3. The lowest BCUT2D eigenvalue weighted by atomic mass is 9.87. The van der Waals surface area contributed by atoms with Crippen LogP contribution < -0.4 is 10.2 Å². The van der Waals surface area contributed by atoms with E-state index in [0.717, 1.165) is 29.7 Å². The molecular weight excluding hydrogens is 296 g/mol. The first-order valence-corrected chi connectivity index (χ1v) is 8.82. The molecule has 0 saturated carbocycles. The van der Waals surface area contributed by atoms with Gasteiger partial charge in [0, 0.05) is 17.7 Å². The summed E-state index contributed by atoms with van der Waals surface area (Å²) in [5.74, 6) is 0.0907. The molecule has 2 aromatic carbocycles. The molecule has 0 aromatic heterocycles. The summed E-state index contributed by atoms with van der Waals surface area (Å²) in [6.45, 7) is 4.57. The zero-order chi connectivity index (χ0) is 17.1. The van der Waals surface area contributed by atoms with Crippen LogP contribution in [0.2, 0.25) is 0 Å². The third-order valence-corrected chi connectivity index (χ3v) is 5.15. The molecule has 126 valence electrons. The molecule has 3 nitrogen and oxygen atoms in total. The van der Waals surface area contributed by atoms with Gasteiger partial charge in [0.05, 0.1) is 7.05 Å². The largest absolute Gasteiger partial charge is 0.323 e. The van der Waals surface area contributed by atoms with Crippen molar-refractivity contribution in [2.24, 2.45) is 0 Å². The van der Waals surface area contributed by atoms with Crippen LogP contribution in [0.3, 0.4) is 0 Å². The molecule has 1 aliphatic rings. The second-order valence-corrected chi connectivity index (χ2v) is 6.98. The summed E-state index contributed by atoms with van der Waals surface area (Å²) in [6, 6.07) is 15.2. The van der Waals surface area contributed by atoms with Gasteiger partial charge in [-0.05, 0) is 43.4 Å². The fourth-order valence-corrected chi connectivity index (χ4v) is 3.84. The fourth-order valence-electron chi connectivity index (χ4n) is 3.84. The Morgan fingerprint density at radius 3 is 2.58 bits per heavy atom. The van der Waals surface area contributed by atoms with Crippen LogP contribution in [0.4, 0.5) is 5.69 Å². The van der Waals surface area contributed by atoms with Crippen molar-refractivity contribution in [1.29, 1.82) is 0 Å². The molecule has 24 heavy (non-hydrogen) atoms. The number of rotatable bonds is 4. The molecule has 0 bridgehead atoms. The van der Waals surface area contributed by atoms with E-state index < -0.39 is 0 Å². The summed E-state index contributed by atoms with van der Waals surface area (Å²) in [6.07, 6.45) is 3.52. The molecule has 2 N–H and O–H groups in total. The van der Waals surface area contributed by atoms with Crippen molar-refractivity contribution in [3.8, 4) is 0 Å². The quantitative estimate of drug-likeness (QED) is 0.891. The van der Waals surface area contributed by atoms with Crippen LogP contribution in [-0.2, 0) is 11.2 Å². The van der Waals surface area contributed by atoms with Crippen LogP contribution in [0.25, 0.3) is 0 Å². The number of para-hydroxylation sites is 1. The second-order valence-electron chi connectivity index (χ2n) is 6.98. The fraction of sp³-hybridized carbons (Fsp3) is 0.381. The third-order valence-electron chi connectivity index (χ3n) is 5.15. The van der Waals surface area contributed by atoms with Gasteiger partial charge < -0.3 is 10.2 Å². The highest BCUT2D eigenvalue weighted by Gasteiger charge is 2.28. The molecule has 2 atom stereocenters. The van der Waals surface area contributed by atoms with Crippen molar-refractivity contribution in [1.82, 2.24) is 0 Å². The number of hydrogen-bond acceptors (Lipinski definition) is 1. The molecule has 0 heterocycles. The Hall–Kier alpha value is -2.13. The number of carbonyl (C=O) groups excluding carboxylic acids is 1. The van der Waals surface area contributed by atoms with Crippen LogP contribution in [0, 0.1) is 13.8 Å². The Bertz CT molecular complexity index is 718. The Morgan fingerprint density at radius 1 is 1.12 bits per heavy atom. The van der Waals surface area contributed by atoms with Crippen molar-refractivity contribution in [2.45, 2.75) is 39.2 Å². The number of quaternary nitrogens is 1. The maximum Gasteiger partial charge on any atom is 0.279 e. The van der Waals surface area contributed by atoms with Gasteiger partial charge >= 0.3 is 0 Å². The highest BCUT2D eigenvalue weighted by Crippen LogP contribution is 2.27. The molecular formula is C21H27N2O+. The maximum absolute atomic E-state index is 12.6.